The lowest BCUT2D eigenvalue weighted by Gasteiger charge is -2.37. The minimum Gasteiger partial charge on any atom is -0.490 e. The molecule has 252 valence electrons. The van der Waals surface area contributed by atoms with Crippen LogP contribution in [0.4, 0.5) is 0 Å². The minimum absolute atomic E-state index is 0.0433. The molecule has 3 aromatic rings. The van der Waals surface area contributed by atoms with E-state index in [0.717, 1.165) is 37.1 Å². The fourth-order valence-electron chi connectivity index (χ4n) is 6.99. The maximum Gasteiger partial charge on any atom is 0.254 e. The third-order valence-electron chi connectivity index (χ3n) is 9.44. The normalized spacial score (nSPS) is 18.9. The fraction of sp³-hybridized carbons (Fsp3) is 0.459. The van der Waals surface area contributed by atoms with Crippen LogP contribution in [0.2, 0.25) is 10.0 Å². The van der Waals surface area contributed by atoms with E-state index in [-0.39, 0.29) is 11.8 Å². The van der Waals surface area contributed by atoms with Crippen molar-refractivity contribution in [3.63, 3.8) is 0 Å². The van der Waals surface area contributed by atoms with Gasteiger partial charge in [0.2, 0.25) is 11.7 Å². The van der Waals surface area contributed by atoms with Crippen molar-refractivity contribution in [2.45, 2.75) is 57.3 Å². The Hall–Kier alpha value is -3.46. The molecule has 2 aliphatic rings. The van der Waals surface area contributed by atoms with Crippen molar-refractivity contribution in [2.75, 3.05) is 52.5 Å². The summed E-state index contributed by atoms with van der Waals surface area (Å²) in [7, 11) is 0. The number of amides is 2. The molecule has 1 unspecified atom stereocenters. The van der Waals surface area contributed by atoms with E-state index in [0.29, 0.717) is 85.2 Å². The first-order chi connectivity index (χ1) is 22.8. The zero-order valence-corrected chi connectivity index (χ0v) is 29.0. The van der Waals surface area contributed by atoms with Crippen LogP contribution in [0.5, 0.6) is 17.2 Å². The van der Waals surface area contributed by atoms with Crippen molar-refractivity contribution in [1.82, 2.24) is 15.5 Å². The molecular weight excluding hydrogens is 637 g/mol. The van der Waals surface area contributed by atoms with Gasteiger partial charge < -0.3 is 29.7 Å². The molecule has 2 amide bonds. The Balaban J connectivity index is 1.40. The average Bonchev–Trinajstić information content (AvgIpc) is 3.53. The molecular formula is C37H45Cl2N3O5. The zero-order chi connectivity index (χ0) is 33.4. The first kappa shape index (κ1) is 34.9. The second-order valence-electron chi connectivity index (χ2n) is 12.2. The quantitative estimate of drug-likeness (QED) is 0.206. The molecule has 2 aliphatic heterocycles. The second kappa shape index (κ2) is 15.6. The number of halogens is 2. The van der Waals surface area contributed by atoms with Gasteiger partial charge in [0, 0.05) is 30.6 Å². The van der Waals surface area contributed by atoms with Crippen LogP contribution >= 0.6 is 23.2 Å². The van der Waals surface area contributed by atoms with Gasteiger partial charge in [-0.25, -0.2) is 0 Å². The Morgan fingerprint density at radius 3 is 2.11 bits per heavy atom. The lowest BCUT2D eigenvalue weighted by Crippen LogP contribution is -2.51. The summed E-state index contributed by atoms with van der Waals surface area (Å²) in [5, 5.41) is 7.63. The summed E-state index contributed by atoms with van der Waals surface area (Å²) in [6.45, 7) is 9.96. The number of carbonyl (C=O) groups excluding carboxylic acids is 2. The van der Waals surface area contributed by atoms with Gasteiger partial charge in [-0.15, -0.1) is 0 Å². The summed E-state index contributed by atoms with van der Waals surface area (Å²) in [6, 6.07) is 19.2. The topological polar surface area (TPSA) is 89.1 Å². The van der Waals surface area contributed by atoms with Gasteiger partial charge >= 0.3 is 0 Å². The summed E-state index contributed by atoms with van der Waals surface area (Å²) < 4.78 is 17.6. The smallest absolute Gasteiger partial charge is 0.254 e. The van der Waals surface area contributed by atoms with Crippen molar-refractivity contribution >= 4 is 35.0 Å². The predicted octanol–water partition coefficient (Wildman–Crippen LogP) is 6.80. The van der Waals surface area contributed by atoms with E-state index >= 15 is 0 Å². The van der Waals surface area contributed by atoms with Gasteiger partial charge in [-0.2, -0.15) is 0 Å². The van der Waals surface area contributed by atoms with Crippen LogP contribution in [0.3, 0.4) is 0 Å². The van der Waals surface area contributed by atoms with Crippen LogP contribution in [0.1, 0.15) is 67.9 Å². The fourth-order valence-corrected chi connectivity index (χ4v) is 7.29. The van der Waals surface area contributed by atoms with Crippen molar-refractivity contribution in [1.29, 1.82) is 0 Å². The first-order valence-electron chi connectivity index (χ1n) is 16.6. The van der Waals surface area contributed by atoms with Crippen LogP contribution < -0.4 is 24.8 Å². The maximum atomic E-state index is 14.1. The highest BCUT2D eigenvalue weighted by Crippen LogP contribution is 2.43. The molecule has 2 N–H and O–H groups in total. The summed E-state index contributed by atoms with van der Waals surface area (Å²) >= 11 is 12.8. The number of hydrogen-bond donors (Lipinski definition) is 2. The molecule has 47 heavy (non-hydrogen) atoms. The lowest BCUT2D eigenvalue weighted by atomic mass is 9.72. The van der Waals surface area contributed by atoms with Crippen LogP contribution in [0.25, 0.3) is 0 Å². The molecule has 2 fully saturated rings. The van der Waals surface area contributed by atoms with E-state index < -0.39 is 10.8 Å². The molecule has 10 heteroatoms. The average molecular weight is 683 g/mol. The molecule has 0 aliphatic carbocycles. The van der Waals surface area contributed by atoms with Gasteiger partial charge in [0.1, 0.15) is 0 Å². The van der Waals surface area contributed by atoms with E-state index in [1.807, 2.05) is 56.0 Å². The van der Waals surface area contributed by atoms with E-state index in [2.05, 4.69) is 22.8 Å². The van der Waals surface area contributed by atoms with Crippen molar-refractivity contribution in [3.05, 3.63) is 87.4 Å². The van der Waals surface area contributed by atoms with Crippen LogP contribution in [0.15, 0.2) is 60.7 Å². The molecule has 0 saturated carbocycles. The van der Waals surface area contributed by atoms with Gasteiger partial charge in [0.15, 0.2) is 11.5 Å². The molecule has 0 spiro atoms. The highest BCUT2D eigenvalue weighted by molar-refractivity contribution is 6.42. The summed E-state index contributed by atoms with van der Waals surface area (Å²) in [5.74, 6) is 1.37. The van der Waals surface area contributed by atoms with Gasteiger partial charge in [-0.1, -0.05) is 59.6 Å². The second-order valence-corrected chi connectivity index (χ2v) is 13.0. The molecule has 0 bridgehead atoms. The van der Waals surface area contributed by atoms with Crippen LogP contribution in [-0.4, -0.2) is 69.3 Å². The van der Waals surface area contributed by atoms with E-state index in [4.69, 9.17) is 37.4 Å². The first-order valence-corrected chi connectivity index (χ1v) is 17.4. The summed E-state index contributed by atoms with van der Waals surface area (Å²) in [6.07, 6.45) is 2.80. The number of carbonyl (C=O) groups is 2. The van der Waals surface area contributed by atoms with Crippen LogP contribution in [-0.2, 0) is 15.6 Å². The van der Waals surface area contributed by atoms with E-state index in [1.54, 1.807) is 18.2 Å². The largest absolute Gasteiger partial charge is 0.490 e. The summed E-state index contributed by atoms with van der Waals surface area (Å²) in [4.78, 5) is 29.9. The molecule has 5 rings (SSSR count). The maximum absolute atomic E-state index is 14.1. The number of benzene rings is 3. The Labute approximate surface area is 288 Å². The van der Waals surface area contributed by atoms with Gasteiger partial charge in [0.25, 0.3) is 5.91 Å². The number of nitrogens with zero attached hydrogens (tertiary/aromatic N) is 1. The highest BCUT2D eigenvalue weighted by Gasteiger charge is 2.44. The zero-order valence-electron chi connectivity index (χ0n) is 27.5. The van der Waals surface area contributed by atoms with Gasteiger partial charge in [-0.05, 0) is 94.9 Å². The standard InChI is InChI=1S/C37H45Cl2N3O5/c1-4-45-31-22-26(23-32(46-5-2)33(31)47-6-3)34(43)42-21-17-36(25-42,28-12-13-29(38)30(39)24-28)14-20-41-35(44)37(15-18-40-19-16-37)27-10-8-7-9-11-27/h7-13,22-24,40H,4-6,14-21,25H2,1-3H3,(H,41,44). The third kappa shape index (κ3) is 7.50. The van der Waals surface area contributed by atoms with Crippen molar-refractivity contribution in [2.24, 2.45) is 0 Å². The Kier molecular flexibility index (Phi) is 11.6. The third-order valence-corrected chi connectivity index (χ3v) is 10.2. The van der Waals surface area contributed by atoms with Crippen molar-refractivity contribution < 1.29 is 23.8 Å². The molecule has 3 aromatic carbocycles. The molecule has 1 atom stereocenters. The van der Waals surface area contributed by atoms with Crippen molar-refractivity contribution in [3.8, 4) is 17.2 Å². The lowest BCUT2D eigenvalue weighted by molar-refractivity contribution is -0.127. The van der Waals surface area contributed by atoms with Gasteiger partial charge in [-0.3, -0.25) is 9.59 Å². The number of likely N-dealkylation sites (tertiary alicyclic amines) is 1. The Bertz CT molecular complexity index is 1520. The molecule has 2 heterocycles. The van der Waals surface area contributed by atoms with Gasteiger partial charge in [0.05, 0.1) is 35.3 Å². The number of nitrogens with one attached hydrogen (secondary N) is 2. The van der Waals surface area contributed by atoms with E-state index in [1.165, 1.54) is 0 Å². The number of ether oxygens (including phenoxy) is 3. The molecule has 8 nitrogen and oxygen atoms in total. The molecule has 0 radical (unpaired) electrons. The molecule has 2 saturated heterocycles. The predicted molar refractivity (Wildman–Crippen MR) is 186 cm³/mol. The summed E-state index contributed by atoms with van der Waals surface area (Å²) in [5.41, 5.74) is 1.48. The monoisotopic (exact) mass is 681 g/mol. The minimum atomic E-state index is -0.578. The van der Waals surface area contributed by atoms with E-state index in [9.17, 15) is 9.59 Å². The Morgan fingerprint density at radius 2 is 1.49 bits per heavy atom. The highest BCUT2D eigenvalue weighted by atomic mass is 35.5. The number of piperidine rings is 1. The number of rotatable bonds is 13. The number of hydrogen-bond acceptors (Lipinski definition) is 6. The Morgan fingerprint density at radius 1 is 0.830 bits per heavy atom. The SMILES string of the molecule is CCOc1cc(C(=O)N2CCC(CCNC(=O)C3(c4ccccc4)CCNCC3)(c3ccc(Cl)c(Cl)c3)C2)cc(OCC)c1OCC. The molecule has 0 aromatic heterocycles. The van der Waals surface area contributed by atoms with Crippen LogP contribution in [0, 0.1) is 0 Å².